The Labute approximate surface area is 256 Å². The van der Waals surface area contributed by atoms with Crippen molar-refractivity contribution < 1.29 is 22.7 Å². The van der Waals surface area contributed by atoms with E-state index >= 15 is 0 Å². The molecule has 1 aliphatic rings. The quantitative estimate of drug-likeness (QED) is 0.204. The molecule has 11 heteroatoms. The molecule has 1 aliphatic heterocycles. The van der Waals surface area contributed by atoms with Crippen LogP contribution in [0.15, 0.2) is 78.4 Å². The van der Waals surface area contributed by atoms with Gasteiger partial charge in [0, 0.05) is 68.0 Å². The Bertz CT molecular complexity index is 1800. The molecule has 0 atom stereocenters. The number of halogens is 3. The van der Waals surface area contributed by atoms with Gasteiger partial charge in [0.05, 0.1) is 16.6 Å². The maximum atomic E-state index is 14.1. The topological polar surface area (TPSA) is 70.6 Å². The molecule has 1 saturated heterocycles. The molecule has 7 nitrogen and oxygen atoms in total. The minimum absolute atomic E-state index is 0.0753. The summed E-state index contributed by atoms with van der Waals surface area (Å²) < 4.78 is 48.6. The van der Waals surface area contributed by atoms with Crippen molar-refractivity contribution >= 4 is 33.1 Å². The van der Waals surface area contributed by atoms with Gasteiger partial charge in [0.15, 0.2) is 0 Å². The second kappa shape index (κ2) is 12.4. The van der Waals surface area contributed by atoms with Crippen molar-refractivity contribution in [3.63, 3.8) is 0 Å². The zero-order valence-electron chi connectivity index (χ0n) is 24.2. The number of benzene rings is 2. The number of likely N-dealkylation sites (N-methyl/N-ethyl adjacent to an activating group) is 1. The fraction of sp³-hybridized carbons (Fsp3) is 0.242. The Morgan fingerprint density at radius 1 is 1.00 bits per heavy atom. The number of nitrogens with zero attached hydrogens (tertiary/aromatic N) is 4. The summed E-state index contributed by atoms with van der Waals surface area (Å²) in [6.07, 6.45) is -1.17. The van der Waals surface area contributed by atoms with Crippen molar-refractivity contribution in [1.29, 1.82) is 0 Å². The fourth-order valence-electron chi connectivity index (χ4n) is 5.21. The lowest BCUT2D eigenvalue weighted by Crippen LogP contribution is -2.44. The van der Waals surface area contributed by atoms with Gasteiger partial charge in [-0.2, -0.15) is 13.2 Å². The fourth-order valence-corrected chi connectivity index (χ4v) is 5.99. The third kappa shape index (κ3) is 6.59. The second-order valence-electron chi connectivity index (χ2n) is 10.9. The molecular weight excluding hydrogens is 587 g/mol. The number of fused-ring (bicyclic) bond motifs is 1. The van der Waals surface area contributed by atoms with E-state index in [4.69, 9.17) is 9.72 Å². The zero-order chi connectivity index (χ0) is 30.8. The maximum absolute atomic E-state index is 14.1. The number of ether oxygens (including phenoxy) is 1. The van der Waals surface area contributed by atoms with E-state index in [1.807, 2.05) is 41.6 Å². The van der Waals surface area contributed by atoms with E-state index in [0.29, 0.717) is 35.7 Å². The summed E-state index contributed by atoms with van der Waals surface area (Å²) in [6, 6.07) is 16.6. The Morgan fingerprint density at radius 3 is 2.52 bits per heavy atom. The minimum atomic E-state index is -4.56. The van der Waals surface area contributed by atoms with Crippen LogP contribution in [0.2, 0.25) is 0 Å². The molecule has 4 heterocycles. The van der Waals surface area contributed by atoms with Crippen molar-refractivity contribution in [2.24, 2.45) is 0 Å². The lowest BCUT2D eigenvalue weighted by atomic mass is 10.0. The average molecular weight is 618 g/mol. The highest BCUT2D eigenvalue weighted by Gasteiger charge is 2.34. The summed E-state index contributed by atoms with van der Waals surface area (Å²) in [5, 5.41) is 5.43. The average Bonchev–Trinajstić information content (AvgIpc) is 3.49. The van der Waals surface area contributed by atoms with E-state index in [1.165, 1.54) is 23.5 Å². The molecule has 3 aromatic heterocycles. The first-order valence-corrected chi connectivity index (χ1v) is 15.0. The summed E-state index contributed by atoms with van der Waals surface area (Å²) in [4.78, 5) is 27.2. The zero-order valence-corrected chi connectivity index (χ0v) is 25.0. The normalized spacial score (nSPS) is 14.6. The predicted octanol–water partition coefficient (Wildman–Crippen LogP) is 7.48. The number of carbonyl (C=O) groups is 1. The van der Waals surface area contributed by atoms with Gasteiger partial charge in [0.25, 0.3) is 5.91 Å². The monoisotopic (exact) mass is 617 g/mol. The number of piperazine rings is 1. The first-order valence-electron chi connectivity index (χ1n) is 14.1. The molecule has 0 aliphatic carbocycles. The number of hydrogen-bond acceptors (Lipinski definition) is 7. The highest BCUT2D eigenvalue weighted by atomic mass is 32.1. The Hall–Kier alpha value is -4.32. The first-order chi connectivity index (χ1) is 21.1. The molecule has 1 fully saturated rings. The van der Waals surface area contributed by atoms with E-state index < -0.39 is 17.6 Å². The maximum Gasteiger partial charge on any atom is 0.416 e. The predicted molar refractivity (Wildman–Crippen MR) is 166 cm³/mol. The van der Waals surface area contributed by atoms with Gasteiger partial charge in [-0.05, 0) is 72.9 Å². The Kier molecular flexibility index (Phi) is 8.35. The number of pyridine rings is 2. The van der Waals surface area contributed by atoms with Crippen LogP contribution >= 0.6 is 11.3 Å². The van der Waals surface area contributed by atoms with E-state index in [9.17, 15) is 18.0 Å². The van der Waals surface area contributed by atoms with E-state index in [2.05, 4.69) is 15.2 Å². The number of amides is 1. The number of aromatic nitrogens is 2. The summed E-state index contributed by atoms with van der Waals surface area (Å²) in [5.41, 5.74) is 2.08. The van der Waals surface area contributed by atoms with Crippen LogP contribution in [-0.4, -0.2) is 58.9 Å². The van der Waals surface area contributed by atoms with Gasteiger partial charge in [-0.25, -0.2) is 4.98 Å². The van der Waals surface area contributed by atoms with Crippen molar-refractivity contribution in [1.82, 2.24) is 19.8 Å². The highest BCUT2D eigenvalue weighted by Crippen LogP contribution is 2.37. The first kappa shape index (κ1) is 29.7. The van der Waals surface area contributed by atoms with Crippen LogP contribution in [0.1, 0.15) is 27.0 Å². The minimum Gasteiger partial charge on any atom is -0.457 e. The number of rotatable bonds is 7. The van der Waals surface area contributed by atoms with Gasteiger partial charge in [-0.3, -0.25) is 14.7 Å². The molecule has 0 saturated carbocycles. The molecule has 226 valence electrons. The van der Waals surface area contributed by atoms with E-state index in [1.54, 1.807) is 37.5 Å². The van der Waals surface area contributed by atoms with E-state index in [0.717, 1.165) is 40.6 Å². The Morgan fingerprint density at radius 2 is 1.77 bits per heavy atom. The largest absolute Gasteiger partial charge is 0.457 e. The standard InChI is InChI=1S/C33H30F3N5O2S/c1-21-3-6-25(43-30-19-29(22-7-10-37-11-8-22)39-32-26(30)9-16-44-32)18-27(21)31(42)38-24-5-4-23(28(17-24)33(34,35)36)20-41-14-12-40(2)13-15-41/h3-11,16-19H,12-15,20H2,1-2H3,(H,38,42). The summed E-state index contributed by atoms with van der Waals surface area (Å²) in [5.74, 6) is 0.462. The van der Waals surface area contributed by atoms with Crippen molar-refractivity contribution in [3.05, 3.63) is 101 Å². The van der Waals surface area contributed by atoms with Gasteiger partial charge < -0.3 is 15.0 Å². The molecular formula is C33H30F3N5O2S. The van der Waals surface area contributed by atoms with Crippen molar-refractivity contribution in [3.8, 4) is 22.8 Å². The smallest absolute Gasteiger partial charge is 0.416 e. The third-order valence-corrected chi connectivity index (χ3v) is 8.53. The van der Waals surface area contributed by atoms with Gasteiger partial charge in [-0.15, -0.1) is 11.3 Å². The van der Waals surface area contributed by atoms with E-state index in [-0.39, 0.29) is 17.8 Å². The number of anilines is 1. The molecule has 0 bridgehead atoms. The second-order valence-corrected chi connectivity index (χ2v) is 11.8. The van der Waals surface area contributed by atoms with Gasteiger partial charge in [0.2, 0.25) is 0 Å². The molecule has 6 rings (SSSR count). The van der Waals surface area contributed by atoms with Gasteiger partial charge >= 0.3 is 6.18 Å². The molecule has 2 aromatic carbocycles. The number of alkyl halides is 3. The molecule has 5 aromatic rings. The molecule has 0 spiro atoms. The summed E-state index contributed by atoms with van der Waals surface area (Å²) >= 11 is 1.49. The van der Waals surface area contributed by atoms with Crippen LogP contribution in [0.5, 0.6) is 11.5 Å². The number of carbonyl (C=O) groups excluding carboxylic acids is 1. The number of hydrogen-bond donors (Lipinski definition) is 1. The van der Waals surface area contributed by atoms with Crippen LogP contribution in [0.25, 0.3) is 21.5 Å². The van der Waals surface area contributed by atoms with Crippen molar-refractivity contribution in [2.75, 3.05) is 38.5 Å². The van der Waals surface area contributed by atoms with Crippen molar-refractivity contribution in [2.45, 2.75) is 19.6 Å². The number of nitrogens with one attached hydrogen (secondary N) is 1. The number of thiophene rings is 1. The van der Waals surface area contributed by atoms with Crippen LogP contribution in [0, 0.1) is 6.92 Å². The lowest BCUT2D eigenvalue weighted by molar-refractivity contribution is -0.138. The molecule has 0 radical (unpaired) electrons. The third-order valence-electron chi connectivity index (χ3n) is 7.72. The highest BCUT2D eigenvalue weighted by molar-refractivity contribution is 7.16. The lowest BCUT2D eigenvalue weighted by Gasteiger charge is -2.33. The van der Waals surface area contributed by atoms with Gasteiger partial charge in [-0.1, -0.05) is 12.1 Å². The summed E-state index contributed by atoms with van der Waals surface area (Å²) in [6.45, 7) is 4.99. The Balaban J connectivity index is 1.24. The van der Waals surface area contributed by atoms with Crippen LogP contribution in [-0.2, 0) is 12.7 Å². The van der Waals surface area contributed by atoms with Crippen LogP contribution < -0.4 is 10.1 Å². The van der Waals surface area contributed by atoms with Crippen LogP contribution in [0.3, 0.4) is 0 Å². The van der Waals surface area contributed by atoms with Crippen LogP contribution in [0.4, 0.5) is 18.9 Å². The molecule has 1 N–H and O–H groups in total. The SMILES string of the molecule is Cc1ccc(Oc2cc(-c3ccncc3)nc3sccc23)cc1C(=O)Nc1ccc(CN2CCN(C)CC2)c(C(F)(F)F)c1. The molecule has 1 amide bonds. The number of aryl methyl sites for hydroxylation is 1. The molecule has 44 heavy (non-hydrogen) atoms. The summed E-state index contributed by atoms with van der Waals surface area (Å²) in [7, 11) is 2.00. The van der Waals surface area contributed by atoms with Gasteiger partial charge in [0.1, 0.15) is 16.3 Å². The molecule has 0 unspecified atom stereocenters.